The van der Waals surface area contributed by atoms with Crippen molar-refractivity contribution in [2.75, 3.05) is 32.7 Å². The minimum absolute atomic E-state index is 0.0496. The zero-order valence-electron chi connectivity index (χ0n) is 13.3. The maximum absolute atomic E-state index is 10.3. The van der Waals surface area contributed by atoms with Crippen molar-refractivity contribution in [3.63, 3.8) is 0 Å². The number of aliphatic hydroxyl groups is 1. The molecule has 2 aliphatic carbocycles. The van der Waals surface area contributed by atoms with Crippen molar-refractivity contribution in [1.29, 1.82) is 0 Å². The highest BCUT2D eigenvalue weighted by Gasteiger charge is 2.34. The van der Waals surface area contributed by atoms with E-state index in [2.05, 4.69) is 23.6 Å². The highest BCUT2D eigenvalue weighted by molar-refractivity contribution is 4.89. The number of aliphatic hydroxyl groups excluding tert-OH is 1. The molecule has 0 aromatic carbocycles. The number of piperazine rings is 1. The number of nitrogens with zero attached hydrogens (tertiary/aromatic N) is 2. The zero-order valence-corrected chi connectivity index (χ0v) is 13.3. The van der Waals surface area contributed by atoms with E-state index < -0.39 is 0 Å². The molecule has 3 heteroatoms. The number of hydrogen-bond acceptors (Lipinski definition) is 3. The molecule has 3 aliphatic rings. The maximum Gasteiger partial charge on any atom is 0.0580 e. The molecule has 2 saturated carbocycles. The molecule has 3 fully saturated rings. The van der Waals surface area contributed by atoms with Gasteiger partial charge in [-0.2, -0.15) is 0 Å². The second kappa shape index (κ2) is 6.33. The van der Waals surface area contributed by atoms with Gasteiger partial charge in [0.25, 0.3) is 0 Å². The molecule has 1 saturated heterocycles. The first-order valence-corrected chi connectivity index (χ1v) is 8.78. The molecule has 0 spiro atoms. The van der Waals surface area contributed by atoms with Gasteiger partial charge >= 0.3 is 0 Å². The first-order chi connectivity index (χ1) is 9.63. The molecule has 20 heavy (non-hydrogen) atoms. The van der Waals surface area contributed by atoms with Crippen LogP contribution in [0.25, 0.3) is 0 Å². The first-order valence-electron chi connectivity index (χ1n) is 8.78. The fraction of sp³-hybridized carbons (Fsp3) is 1.00. The molecule has 0 bridgehead atoms. The normalized spacial score (nSPS) is 37.5. The molecule has 3 atom stereocenters. The Hall–Kier alpha value is -0.120. The molecule has 1 aliphatic heterocycles. The Morgan fingerprint density at radius 1 is 1.00 bits per heavy atom. The highest BCUT2D eigenvalue weighted by Crippen LogP contribution is 2.35. The minimum Gasteiger partial charge on any atom is -0.393 e. The van der Waals surface area contributed by atoms with Gasteiger partial charge in [-0.1, -0.05) is 13.8 Å². The van der Waals surface area contributed by atoms with Crippen LogP contribution in [0.15, 0.2) is 0 Å². The van der Waals surface area contributed by atoms with Crippen molar-refractivity contribution in [1.82, 2.24) is 9.80 Å². The smallest absolute Gasteiger partial charge is 0.0580 e. The molecule has 3 unspecified atom stereocenters. The van der Waals surface area contributed by atoms with Gasteiger partial charge in [0, 0.05) is 38.8 Å². The van der Waals surface area contributed by atoms with E-state index in [9.17, 15) is 5.11 Å². The first kappa shape index (κ1) is 14.8. The fourth-order valence-corrected chi connectivity index (χ4v) is 4.17. The summed E-state index contributed by atoms with van der Waals surface area (Å²) in [6.45, 7) is 10.7. The molecular weight excluding hydrogens is 248 g/mol. The van der Waals surface area contributed by atoms with E-state index in [-0.39, 0.29) is 6.10 Å². The van der Waals surface area contributed by atoms with Crippen LogP contribution in [0.4, 0.5) is 0 Å². The third-order valence-electron chi connectivity index (χ3n) is 5.89. The van der Waals surface area contributed by atoms with Crippen molar-refractivity contribution in [2.45, 2.75) is 58.1 Å². The summed E-state index contributed by atoms with van der Waals surface area (Å²) >= 11 is 0. The van der Waals surface area contributed by atoms with Gasteiger partial charge in [0.1, 0.15) is 0 Å². The minimum atomic E-state index is -0.0496. The molecule has 0 aromatic rings. The summed E-state index contributed by atoms with van der Waals surface area (Å²) in [5.41, 5.74) is 0. The Morgan fingerprint density at radius 2 is 1.70 bits per heavy atom. The quantitative estimate of drug-likeness (QED) is 0.855. The third-order valence-corrected chi connectivity index (χ3v) is 5.89. The summed E-state index contributed by atoms with van der Waals surface area (Å²) in [6, 6.07) is 0.919. The summed E-state index contributed by atoms with van der Waals surface area (Å²) in [5.74, 6) is 2.12. The Morgan fingerprint density at radius 3 is 2.30 bits per heavy atom. The van der Waals surface area contributed by atoms with Crippen LogP contribution in [-0.2, 0) is 0 Å². The second-order valence-corrected chi connectivity index (χ2v) is 7.71. The Labute approximate surface area is 124 Å². The predicted octanol–water partition coefficient (Wildman–Crippen LogP) is 2.20. The predicted molar refractivity (Wildman–Crippen MR) is 82.7 cm³/mol. The molecule has 116 valence electrons. The van der Waals surface area contributed by atoms with Gasteiger partial charge in [-0.15, -0.1) is 0 Å². The van der Waals surface area contributed by atoms with Crippen molar-refractivity contribution in [3.05, 3.63) is 0 Å². The number of rotatable bonds is 4. The van der Waals surface area contributed by atoms with Crippen LogP contribution >= 0.6 is 0 Å². The van der Waals surface area contributed by atoms with Crippen LogP contribution in [0.1, 0.15) is 46.0 Å². The van der Waals surface area contributed by atoms with E-state index in [1.54, 1.807) is 0 Å². The van der Waals surface area contributed by atoms with Crippen molar-refractivity contribution < 1.29 is 5.11 Å². The van der Waals surface area contributed by atoms with Crippen LogP contribution < -0.4 is 0 Å². The fourth-order valence-electron chi connectivity index (χ4n) is 4.17. The summed E-state index contributed by atoms with van der Waals surface area (Å²) in [6.07, 6.45) is 6.29. The molecule has 0 aromatic heterocycles. The topological polar surface area (TPSA) is 26.7 Å². The van der Waals surface area contributed by atoms with Gasteiger partial charge in [-0.3, -0.25) is 4.90 Å². The molecule has 3 nitrogen and oxygen atoms in total. The lowest BCUT2D eigenvalue weighted by molar-refractivity contribution is 0.00870. The average molecular weight is 280 g/mol. The van der Waals surface area contributed by atoms with E-state index in [1.165, 1.54) is 51.9 Å². The summed E-state index contributed by atoms with van der Waals surface area (Å²) in [4.78, 5) is 5.28. The van der Waals surface area contributed by atoms with Crippen LogP contribution in [0.5, 0.6) is 0 Å². The van der Waals surface area contributed by atoms with Crippen LogP contribution in [0.3, 0.4) is 0 Å². The maximum atomic E-state index is 10.3. The van der Waals surface area contributed by atoms with Gasteiger partial charge in [0.05, 0.1) is 6.10 Å². The van der Waals surface area contributed by atoms with E-state index in [4.69, 9.17) is 0 Å². The zero-order chi connectivity index (χ0) is 14.1. The van der Waals surface area contributed by atoms with Gasteiger partial charge in [0.2, 0.25) is 0 Å². The second-order valence-electron chi connectivity index (χ2n) is 7.71. The summed E-state index contributed by atoms with van der Waals surface area (Å²) in [5, 5.41) is 10.3. The van der Waals surface area contributed by atoms with E-state index in [0.717, 1.165) is 30.8 Å². The van der Waals surface area contributed by atoms with Crippen LogP contribution in [-0.4, -0.2) is 59.8 Å². The molecule has 0 radical (unpaired) electrons. The average Bonchev–Trinajstić information content (AvgIpc) is 3.26. The monoisotopic (exact) mass is 280 g/mol. The van der Waals surface area contributed by atoms with Gasteiger partial charge < -0.3 is 10.0 Å². The van der Waals surface area contributed by atoms with E-state index >= 15 is 0 Å². The lowest BCUT2D eigenvalue weighted by atomic mass is 9.74. The van der Waals surface area contributed by atoms with Crippen LogP contribution in [0.2, 0.25) is 0 Å². The summed E-state index contributed by atoms with van der Waals surface area (Å²) in [7, 11) is 0. The molecule has 0 amide bonds. The Bertz CT molecular complexity index is 308. The highest BCUT2D eigenvalue weighted by atomic mass is 16.3. The lowest BCUT2D eigenvalue weighted by Gasteiger charge is -2.41. The molecule has 1 heterocycles. The van der Waals surface area contributed by atoms with Gasteiger partial charge in [0.15, 0.2) is 0 Å². The molecule has 3 rings (SSSR count). The molecule has 1 N–H and O–H groups in total. The van der Waals surface area contributed by atoms with Crippen molar-refractivity contribution in [2.24, 2.45) is 17.8 Å². The van der Waals surface area contributed by atoms with Crippen molar-refractivity contribution in [3.8, 4) is 0 Å². The standard InChI is InChI=1S/C17H32N2O/c1-13(2)14-3-6-17(20)15(11-14)12-18-7-9-19(10-8-18)16-4-5-16/h13-17,20H,3-12H2,1-2H3. The largest absolute Gasteiger partial charge is 0.393 e. The third kappa shape index (κ3) is 3.55. The van der Waals surface area contributed by atoms with Gasteiger partial charge in [-0.05, 0) is 49.9 Å². The van der Waals surface area contributed by atoms with Crippen LogP contribution in [0, 0.1) is 17.8 Å². The Balaban J connectivity index is 1.46. The van der Waals surface area contributed by atoms with E-state index in [1.807, 2.05) is 0 Å². The molecular formula is C17H32N2O. The lowest BCUT2D eigenvalue weighted by Crippen LogP contribution is -2.50. The summed E-state index contributed by atoms with van der Waals surface area (Å²) < 4.78 is 0. The Kier molecular flexibility index (Phi) is 4.68. The SMILES string of the molecule is CC(C)C1CCC(O)C(CN2CCN(C3CC3)CC2)C1. The van der Waals surface area contributed by atoms with E-state index in [0.29, 0.717) is 5.92 Å². The van der Waals surface area contributed by atoms with Crippen molar-refractivity contribution >= 4 is 0 Å². The van der Waals surface area contributed by atoms with Gasteiger partial charge in [-0.25, -0.2) is 0 Å². The number of hydrogen-bond donors (Lipinski definition) is 1.